The van der Waals surface area contributed by atoms with Crippen LogP contribution in [0.25, 0.3) is 0 Å². The van der Waals surface area contributed by atoms with Crippen molar-refractivity contribution in [1.82, 2.24) is 0 Å². The maximum absolute atomic E-state index is 14.1. The summed E-state index contributed by atoms with van der Waals surface area (Å²) in [6.07, 6.45) is 2.56. The van der Waals surface area contributed by atoms with Gasteiger partial charge in [-0.1, -0.05) is 81.4 Å². The highest BCUT2D eigenvalue weighted by Crippen LogP contribution is 2.51. The lowest BCUT2D eigenvalue weighted by molar-refractivity contribution is -0.385. The van der Waals surface area contributed by atoms with E-state index in [4.69, 9.17) is 4.43 Å². The second kappa shape index (κ2) is 11.1. The first-order valence-electron chi connectivity index (χ1n) is 13.1. The third kappa shape index (κ3) is 5.48. The highest BCUT2D eigenvalue weighted by molar-refractivity contribution is 7.93. The summed E-state index contributed by atoms with van der Waals surface area (Å²) >= 11 is 0. The maximum atomic E-state index is 14.1. The lowest BCUT2D eigenvalue weighted by Crippen LogP contribution is -2.52. The molecule has 1 aliphatic carbocycles. The molecule has 0 N–H and O–H groups in total. The van der Waals surface area contributed by atoms with Crippen molar-refractivity contribution in [2.24, 2.45) is 11.3 Å². The first-order valence-corrected chi connectivity index (χ1v) is 16.0. The molecule has 0 atom stereocenters. The first kappa shape index (κ1) is 28.2. The molecule has 3 aromatic carbocycles. The van der Waals surface area contributed by atoms with E-state index in [2.05, 4.69) is 24.3 Å². The zero-order valence-electron chi connectivity index (χ0n) is 22.5. The van der Waals surface area contributed by atoms with E-state index in [1.54, 1.807) is 6.92 Å². The van der Waals surface area contributed by atoms with Gasteiger partial charge in [-0.25, -0.2) is 8.42 Å². The van der Waals surface area contributed by atoms with E-state index in [-0.39, 0.29) is 16.5 Å². The molecule has 1 fully saturated rings. The van der Waals surface area contributed by atoms with Crippen LogP contribution < -0.4 is 10.4 Å². The summed E-state index contributed by atoms with van der Waals surface area (Å²) in [5.41, 5.74) is -0.209. The van der Waals surface area contributed by atoms with E-state index in [0.717, 1.165) is 12.8 Å². The number of benzene rings is 3. The largest absolute Gasteiger partial charge is 0.407 e. The molecule has 1 saturated carbocycles. The van der Waals surface area contributed by atoms with Gasteiger partial charge in [0.15, 0.2) is 9.84 Å². The molecule has 0 heterocycles. The lowest BCUT2D eigenvalue weighted by atomic mass is 9.69. The summed E-state index contributed by atoms with van der Waals surface area (Å²) in [6.45, 7) is 8.16. The zero-order valence-corrected chi connectivity index (χ0v) is 24.3. The fourth-order valence-corrected chi connectivity index (χ4v) is 10.3. The van der Waals surface area contributed by atoms with Crippen molar-refractivity contribution >= 4 is 34.9 Å². The maximum Gasteiger partial charge on any atom is 0.282 e. The van der Waals surface area contributed by atoms with Crippen LogP contribution in [0, 0.1) is 28.4 Å². The Kier molecular flexibility index (Phi) is 8.25. The highest BCUT2D eigenvalue weighted by atomic mass is 32.2. The number of nitro groups is 1. The second-order valence-electron chi connectivity index (χ2n) is 11.3. The minimum atomic E-state index is -3.74. The topological polar surface area (TPSA) is 86.5 Å². The summed E-state index contributed by atoms with van der Waals surface area (Å²) in [5, 5.41) is 13.7. The van der Waals surface area contributed by atoms with Crippen molar-refractivity contribution in [1.29, 1.82) is 0 Å². The van der Waals surface area contributed by atoms with Crippen LogP contribution in [-0.2, 0) is 14.3 Å². The third-order valence-corrected chi connectivity index (χ3v) is 13.1. The Labute approximate surface area is 227 Å². The summed E-state index contributed by atoms with van der Waals surface area (Å²) < 4.78 is 33.9. The molecule has 0 unspecified atom stereocenters. The molecule has 201 valence electrons. The molecule has 6 nitrogen and oxygen atoms in total. The minimum absolute atomic E-state index is 0.0657. The van der Waals surface area contributed by atoms with Gasteiger partial charge < -0.3 is 4.43 Å². The second-order valence-corrected chi connectivity index (χ2v) is 15.6. The Morgan fingerprint density at radius 3 is 1.92 bits per heavy atom. The predicted octanol–water partition coefficient (Wildman–Crippen LogP) is 5.47. The summed E-state index contributed by atoms with van der Waals surface area (Å²) in [7, 11) is -5.16. The fraction of sp³-hybridized carbons (Fsp3) is 0.400. The van der Waals surface area contributed by atoms with Gasteiger partial charge in [-0.3, -0.25) is 10.1 Å². The van der Waals surface area contributed by atoms with Crippen LogP contribution in [0.2, 0.25) is 0 Å². The van der Waals surface area contributed by atoms with Crippen LogP contribution in [0.5, 0.6) is 0 Å². The molecular weight excluding hydrogens is 514 g/mol. The average Bonchev–Trinajstić information content (AvgIpc) is 2.89. The average molecular weight is 551 g/mol. The molecule has 8 heteroatoms. The lowest BCUT2D eigenvalue weighted by Gasteiger charge is -2.48. The van der Waals surface area contributed by atoms with Gasteiger partial charge >= 0.3 is 0 Å². The van der Waals surface area contributed by atoms with Gasteiger partial charge in [0.25, 0.3) is 14.7 Å². The monoisotopic (exact) mass is 550 g/mol. The molecule has 0 amide bonds. The van der Waals surface area contributed by atoms with E-state index < -0.39 is 34.0 Å². The number of rotatable bonds is 8. The van der Waals surface area contributed by atoms with Gasteiger partial charge in [-0.15, -0.1) is 0 Å². The standard InChI is InChI=1S/C30H36NO5SSi/c1-23-21-25(15-16-28(23)31(32)33)37(34,35)30(29(2,3)4)19-17-24(18-20-30)22-36-38(26-11-7-5-8-12-26)27-13-9-6-10-14-27/h5-16,21,24H,17-20,22H2,1-4H3. The molecule has 0 spiro atoms. The summed E-state index contributed by atoms with van der Waals surface area (Å²) in [6, 6.07) is 24.8. The molecule has 1 radical (unpaired) electrons. The zero-order chi connectivity index (χ0) is 27.6. The highest BCUT2D eigenvalue weighted by Gasteiger charge is 2.54. The number of hydrogen-bond donors (Lipinski definition) is 0. The fourth-order valence-electron chi connectivity index (χ4n) is 5.67. The van der Waals surface area contributed by atoms with E-state index in [0.29, 0.717) is 25.0 Å². The van der Waals surface area contributed by atoms with Crippen LogP contribution >= 0.6 is 0 Å². The van der Waals surface area contributed by atoms with Gasteiger partial charge in [0.2, 0.25) is 0 Å². The quantitative estimate of drug-likeness (QED) is 0.211. The van der Waals surface area contributed by atoms with E-state index in [1.165, 1.54) is 28.6 Å². The van der Waals surface area contributed by atoms with Crippen LogP contribution in [0.1, 0.15) is 52.0 Å². The summed E-state index contributed by atoms with van der Waals surface area (Å²) in [5.74, 6) is 0.270. The van der Waals surface area contributed by atoms with Gasteiger partial charge in [-0.2, -0.15) is 0 Å². The first-order chi connectivity index (χ1) is 18.0. The van der Waals surface area contributed by atoms with Crippen molar-refractivity contribution in [2.45, 2.75) is 63.0 Å². The number of aryl methyl sites for hydroxylation is 1. The molecule has 3 aromatic rings. The van der Waals surface area contributed by atoms with Crippen molar-refractivity contribution < 1.29 is 17.8 Å². The SMILES string of the molecule is Cc1cc(S(=O)(=O)C2(C(C)(C)C)CCC(CO[Si](c3ccccc3)c3ccccc3)CC2)ccc1[N+](=O)[O-]. The number of hydrogen-bond acceptors (Lipinski definition) is 5. The van der Waals surface area contributed by atoms with Crippen LogP contribution in [-0.4, -0.2) is 33.7 Å². The minimum Gasteiger partial charge on any atom is -0.407 e. The Morgan fingerprint density at radius 1 is 0.947 bits per heavy atom. The van der Waals surface area contributed by atoms with Gasteiger partial charge in [-0.05, 0) is 66.4 Å². The van der Waals surface area contributed by atoms with Crippen molar-refractivity contribution in [3.63, 3.8) is 0 Å². The predicted molar refractivity (Wildman–Crippen MR) is 153 cm³/mol. The molecule has 0 aliphatic heterocycles. The number of nitro benzene ring substituents is 1. The molecule has 0 aromatic heterocycles. The van der Waals surface area contributed by atoms with Crippen molar-refractivity contribution in [3.05, 3.63) is 94.5 Å². The normalized spacial score (nSPS) is 20.4. The van der Waals surface area contributed by atoms with Crippen molar-refractivity contribution in [3.8, 4) is 0 Å². The van der Waals surface area contributed by atoms with Gasteiger partial charge in [0.1, 0.15) is 0 Å². The smallest absolute Gasteiger partial charge is 0.282 e. The molecular formula is C30H36NO5SSi. The molecule has 1 aliphatic rings. The Balaban J connectivity index is 1.54. The molecule has 38 heavy (non-hydrogen) atoms. The Hall–Kier alpha value is -2.81. The number of sulfone groups is 1. The Morgan fingerprint density at radius 2 is 1.47 bits per heavy atom. The van der Waals surface area contributed by atoms with Crippen LogP contribution in [0.3, 0.4) is 0 Å². The van der Waals surface area contributed by atoms with Crippen molar-refractivity contribution in [2.75, 3.05) is 6.61 Å². The third-order valence-electron chi connectivity index (χ3n) is 8.00. The van der Waals surface area contributed by atoms with Gasteiger partial charge in [0, 0.05) is 18.2 Å². The van der Waals surface area contributed by atoms with E-state index in [9.17, 15) is 18.5 Å². The molecule has 0 saturated heterocycles. The van der Waals surface area contributed by atoms with Crippen LogP contribution in [0.15, 0.2) is 83.8 Å². The van der Waals surface area contributed by atoms with E-state index in [1.807, 2.05) is 57.2 Å². The van der Waals surface area contributed by atoms with Gasteiger partial charge in [0.05, 0.1) is 14.6 Å². The Bertz CT molecular complexity index is 1320. The molecule has 0 bridgehead atoms. The molecule has 4 rings (SSSR count). The van der Waals surface area contributed by atoms with E-state index >= 15 is 0 Å². The summed E-state index contributed by atoms with van der Waals surface area (Å²) in [4.78, 5) is 11.0. The number of nitrogens with zero attached hydrogens (tertiary/aromatic N) is 1. The van der Waals surface area contributed by atoms with Crippen LogP contribution in [0.4, 0.5) is 5.69 Å².